The first-order valence-corrected chi connectivity index (χ1v) is 33.8. The van der Waals surface area contributed by atoms with E-state index in [0.29, 0.717) is 19.3 Å². The monoisotopic (exact) mass is 1080 g/mol. The Labute approximate surface area is 479 Å². The number of ether oxygens (including phenoxy) is 3. The molecule has 1 atom stereocenters. The molecule has 0 aromatic rings. The first kappa shape index (κ1) is 74.1. The van der Waals surface area contributed by atoms with E-state index >= 15 is 0 Å². The van der Waals surface area contributed by atoms with E-state index < -0.39 is 6.10 Å². The lowest BCUT2D eigenvalue weighted by molar-refractivity contribution is -0.167. The lowest BCUT2D eigenvalue weighted by atomic mass is 10.0. The molecule has 0 aromatic heterocycles. The molecule has 0 aliphatic rings. The van der Waals surface area contributed by atoms with Gasteiger partial charge in [-0.3, -0.25) is 14.4 Å². The van der Waals surface area contributed by atoms with Gasteiger partial charge in [0.2, 0.25) is 0 Å². The molecule has 1 unspecified atom stereocenters. The van der Waals surface area contributed by atoms with Crippen LogP contribution in [0.1, 0.15) is 355 Å². The van der Waals surface area contributed by atoms with Crippen molar-refractivity contribution in [3.05, 3.63) is 60.8 Å². The number of esters is 3. The number of hydrogen-bond acceptors (Lipinski definition) is 6. The summed E-state index contributed by atoms with van der Waals surface area (Å²) >= 11 is 0. The topological polar surface area (TPSA) is 78.9 Å². The Morgan fingerprint density at radius 2 is 0.506 bits per heavy atom. The number of carbonyl (C=O) groups excluding carboxylic acids is 3. The van der Waals surface area contributed by atoms with Crippen molar-refractivity contribution in [3.63, 3.8) is 0 Å². The molecule has 0 bridgehead atoms. The van der Waals surface area contributed by atoms with Gasteiger partial charge in [0, 0.05) is 19.3 Å². The van der Waals surface area contributed by atoms with Crippen molar-refractivity contribution in [2.24, 2.45) is 0 Å². The third-order valence-corrected chi connectivity index (χ3v) is 15.0. The van der Waals surface area contributed by atoms with E-state index in [1.54, 1.807) is 0 Å². The summed E-state index contributed by atoms with van der Waals surface area (Å²) in [4.78, 5) is 38.3. The average molecular weight is 1080 g/mol. The van der Waals surface area contributed by atoms with Crippen LogP contribution in [-0.2, 0) is 28.6 Å². The summed E-state index contributed by atoms with van der Waals surface area (Å²) in [7, 11) is 0. The van der Waals surface area contributed by atoms with E-state index in [-0.39, 0.29) is 31.1 Å². The summed E-state index contributed by atoms with van der Waals surface area (Å²) in [6, 6.07) is 0. The van der Waals surface area contributed by atoms with Gasteiger partial charge in [-0.1, -0.05) is 313 Å². The van der Waals surface area contributed by atoms with Gasteiger partial charge in [-0.15, -0.1) is 0 Å². The lowest BCUT2D eigenvalue weighted by Gasteiger charge is -2.18. The van der Waals surface area contributed by atoms with Crippen molar-refractivity contribution in [1.82, 2.24) is 0 Å². The quantitative estimate of drug-likeness (QED) is 0.0261. The minimum absolute atomic E-state index is 0.0695. The molecule has 0 saturated heterocycles. The Bertz CT molecular complexity index is 1380. The van der Waals surface area contributed by atoms with Crippen LogP contribution < -0.4 is 0 Å². The van der Waals surface area contributed by atoms with Gasteiger partial charge in [-0.05, 0) is 83.5 Å². The summed E-state index contributed by atoms with van der Waals surface area (Å²) in [5.74, 6) is -0.851. The molecule has 0 heterocycles. The summed E-state index contributed by atoms with van der Waals surface area (Å²) < 4.78 is 16.9. The maximum atomic E-state index is 12.9. The molecule has 0 radical (unpaired) electrons. The van der Waals surface area contributed by atoms with Gasteiger partial charge < -0.3 is 14.2 Å². The van der Waals surface area contributed by atoms with E-state index in [2.05, 4.69) is 81.5 Å². The van der Waals surface area contributed by atoms with Crippen molar-refractivity contribution in [2.75, 3.05) is 13.2 Å². The summed E-state index contributed by atoms with van der Waals surface area (Å²) in [6.45, 7) is 6.57. The van der Waals surface area contributed by atoms with Crippen LogP contribution in [0.2, 0.25) is 0 Å². The Morgan fingerprint density at radius 3 is 0.805 bits per heavy atom. The molecule has 0 N–H and O–H groups in total. The Balaban J connectivity index is 4.17. The van der Waals surface area contributed by atoms with Crippen LogP contribution in [0.25, 0.3) is 0 Å². The van der Waals surface area contributed by atoms with Crippen molar-refractivity contribution in [2.45, 2.75) is 361 Å². The van der Waals surface area contributed by atoms with E-state index in [1.165, 1.54) is 231 Å². The zero-order valence-electron chi connectivity index (χ0n) is 51.5. The Kier molecular flexibility index (Phi) is 63.2. The van der Waals surface area contributed by atoms with Gasteiger partial charge in [0.15, 0.2) is 6.10 Å². The number of rotatable bonds is 62. The number of allylic oxidation sites excluding steroid dienone is 10. The lowest BCUT2D eigenvalue weighted by Crippen LogP contribution is -2.30. The first-order valence-electron chi connectivity index (χ1n) is 33.8. The largest absolute Gasteiger partial charge is 0.462 e. The van der Waals surface area contributed by atoms with Gasteiger partial charge in [0.1, 0.15) is 13.2 Å². The fraction of sp³-hybridized carbons (Fsp3) is 0.817. The van der Waals surface area contributed by atoms with Crippen molar-refractivity contribution in [1.29, 1.82) is 0 Å². The predicted octanol–water partition coefficient (Wildman–Crippen LogP) is 23.1. The predicted molar refractivity (Wildman–Crippen MR) is 335 cm³/mol. The molecular formula is C71H128O6. The Hall–Kier alpha value is -2.89. The van der Waals surface area contributed by atoms with Crippen molar-refractivity contribution in [3.8, 4) is 0 Å². The smallest absolute Gasteiger partial charge is 0.306 e. The van der Waals surface area contributed by atoms with Gasteiger partial charge in [-0.2, -0.15) is 0 Å². The van der Waals surface area contributed by atoms with Gasteiger partial charge >= 0.3 is 17.9 Å². The van der Waals surface area contributed by atoms with Crippen LogP contribution >= 0.6 is 0 Å². The molecule has 6 heteroatoms. The molecule has 0 aliphatic heterocycles. The highest BCUT2D eigenvalue weighted by Gasteiger charge is 2.19. The standard InChI is InChI=1S/C71H128O6/c1-4-7-10-13-16-19-22-24-26-28-30-31-32-33-34-35-36-37-38-39-41-42-44-46-49-52-55-58-61-64-70(73)76-67-68(66-75-69(72)63-60-57-54-51-48-21-18-15-12-9-6-3)77-71(74)65-62-59-56-53-50-47-45-43-40-29-27-25-23-20-17-14-11-8-5-2/h7,10,16,19,24-27,30-31,68H,4-6,8-9,11-15,17-18,20-23,28-29,32-67H2,1-3H3/b10-7-,19-16-,26-24-,27-25-,31-30-. The summed E-state index contributed by atoms with van der Waals surface area (Å²) in [5.41, 5.74) is 0. The van der Waals surface area contributed by atoms with Crippen LogP contribution in [0.3, 0.4) is 0 Å². The molecule has 0 saturated carbocycles. The molecule has 448 valence electrons. The molecule has 0 amide bonds. The third kappa shape index (κ3) is 63.8. The highest BCUT2D eigenvalue weighted by molar-refractivity contribution is 5.71. The zero-order valence-corrected chi connectivity index (χ0v) is 51.5. The molecular weight excluding hydrogens is 949 g/mol. The van der Waals surface area contributed by atoms with Crippen molar-refractivity contribution < 1.29 is 28.6 Å². The van der Waals surface area contributed by atoms with Gasteiger partial charge in [0.05, 0.1) is 0 Å². The van der Waals surface area contributed by atoms with Crippen LogP contribution in [-0.4, -0.2) is 37.2 Å². The maximum absolute atomic E-state index is 12.9. The van der Waals surface area contributed by atoms with Crippen LogP contribution in [0.5, 0.6) is 0 Å². The molecule has 0 aliphatic carbocycles. The first-order chi connectivity index (χ1) is 38.0. The average Bonchev–Trinajstić information content (AvgIpc) is 3.43. The van der Waals surface area contributed by atoms with E-state index in [4.69, 9.17) is 14.2 Å². The normalized spacial score (nSPS) is 12.4. The molecule has 6 nitrogen and oxygen atoms in total. The van der Waals surface area contributed by atoms with Crippen LogP contribution in [0, 0.1) is 0 Å². The molecule has 0 aromatic carbocycles. The SMILES string of the molecule is CC/C=C\C/C=C\C/C=C\C/C=C\CCCCCCCCCCCCCCCCCCC(=O)OCC(COC(=O)CCCCCCCCCCCCC)OC(=O)CCCCCCCCCCC/C=C\CCCCCCCC. The fourth-order valence-corrected chi connectivity index (χ4v) is 9.96. The number of hydrogen-bond donors (Lipinski definition) is 0. The molecule has 77 heavy (non-hydrogen) atoms. The second kappa shape index (κ2) is 65.6. The second-order valence-electron chi connectivity index (χ2n) is 22.7. The Morgan fingerprint density at radius 1 is 0.273 bits per heavy atom. The molecule has 0 fully saturated rings. The van der Waals surface area contributed by atoms with Crippen molar-refractivity contribution >= 4 is 17.9 Å². The minimum atomic E-state index is -0.772. The summed E-state index contributed by atoms with van der Waals surface area (Å²) in [6.07, 6.45) is 83.9. The van der Waals surface area contributed by atoms with Crippen LogP contribution in [0.15, 0.2) is 60.8 Å². The highest BCUT2D eigenvalue weighted by Crippen LogP contribution is 2.18. The number of carbonyl (C=O) groups is 3. The zero-order chi connectivity index (χ0) is 55.7. The van der Waals surface area contributed by atoms with Gasteiger partial charge in [0.25, 0.3) is 0 Å². The molecule has 0 spiro atoms. The van der Waals surface area contributed by atoms with E-state index in [0.717, 1.165) is 83.5 Å². The van der Waals surface area contributed by atoms with E-state index in [9.17, 15) is 14.4 Å². The number of unbranched alkanes of at least 4 members (excludes halogenated alkanes) is 41. The fourth-order valence-electron chi connectivity index (χ4n) is 9.96. The third-order valence-electron chi connectivity index (χ3n) is 15.0. The summed E-state index contributed by atoms with van der Waals surface area (Å²) in [5, 5.41) is 0. The molecule has 0 rings (SSSR count). The minimum Gasteiger partial charge on any atom is -0.462 e. The maximum Gasteiger partial charge on any atom is 0.306 e. The highest BCUT2D eigenvalue weighted by atomic mass is 16.6. The van der Waals surface area contributed by atoms with E-state index in [1.807, 2.05) is 0 Å². The van der Waals surface area contributed by atoms with Gasteiger partial charge in [-0.25, -0.2) is 0 Å². The second-order valence-corrected chi connectivity index (χ2v) is 22.7. The van der Waals surface area contributed by atoms with Crippen LogP contribution in [0.4, 0.5) is 0 Å².